The maximum atomic E-state index is 3.32. The molecule has 1 rings (SSSR count). The van der Waals surface area contributed by atoms with Gasteiger partial charge in [0.05, 0.1) is 0 Å². The van der Waals surface area contributed by atoms with Gasteiger partial charge in [-0.3, -0.25) is 0 Å². The van der Waals surface area contributed by atoms with Crippen LogP contribution in [-0.4, -0.2) is 13.1 Å². The average molecular weight is 245 g/mol. The standard InChI is InChI=1S/C17H27N/c1-5-18-14-8-6-7-9-15-10-12-16(13-11-15)17(2,3)4/h6-7,10-13,18H,5,8-9,14H2,1-4H3. The minimum Gasteiger partial charge on any atom is -0.317 e. The van der Waals surface area contributed by atoms with Crippen LogP contribution in [0.4, 0.5) is 0 Å². The highest BCUT2D eigenvalue weighted by Crippen LogP contribution is 2.22. The molecule has 0 amide bonds. The lowest BCUT2D eigenvalue weighted by atomic mass is 9.86. The van der Waals surface area contributed by atoms with Crippen molar-refractivity contribution in [2.75, 3.05) is 13.1 Å². The third kappa shape index (κ3) is 5.50. The summed E-state index contributed by atoms with van der Waals surface area (Å²) in [5.41, 5.74) is 3.05. The molecule has 0 fully saturated rings. The molecule has 1 heteroatoms. The van der Waals surface area contributed by atoms with Gasteiger partial charge in [0.15, 0.2) is 0 Å². The predicted octanol–water partition coefficient (Wildman–Crippen LogP) is 4.08. The molecule has 0 heterocycles. The first-order valence-electron chi connectivity index (χ1n) is 6.99. The Balaban J connectivity index is 2.40. The van der Waals surface area contributed by atoms with E-state index in [0.717, 1.165) is 25.9 Å². The lowest BCUT2D eigenvalue weighted by Crippen LogP contribution is -2.12. The summed E-state index contributed by atoms with van der Waals surface area (Å²) in [6.45, 7) is 11.0. The molecule has 0 saturated carbocycles. The first-order valence-corrected chi connectivity index (χ1v) is 6.99. The van der Waals surface area contributed by atoms with Crippen LogP contribution in [0, 0.1) is 0 Å². The molecular formula is C17H27N. The molecule has 0 aromatic heterocycles. The Hall–Kier alpha value is -1.08. The first-order chi connectivity index (χ1) is 8.54. The number of benzene rings is 1. The topological polar surface area (TPSA) is 12.0 Å². The van der Waals surface area contributed by atoms with E-state index in [1.54, 1.807) is 0 Å². The summed E-state index contributed by atoms with van der Waals surface area (Å²) in [5, 5.41) is 3.32. The van der Waals surface area contributed by atoms with Gasteiger partial charge in [-0.25, -0.2) is 0 Å². The molecule has 0 bridgehead atoms. The number of hydrogen-bond acceptors (Lipinski definition) is 1. The molecule has 1 N–H and O–H groups in total. The highest BCUT2D eigenvalue weighted by Gasteiger charge is 2.12. The van der Waals surface area contributed by atoms with Crippen molar-refractivity contribution < 1.29 is 0 Å². The van der Waals surface area contributed by atoms with Crippen LogP contribution in [0.5, 0.6) is 0 Å². The van der Waals surface area contributed by atoms with E-state index < -0.39 is 0 Å². The molecule has 1 nitrogen and oxygen atoms in total. The lowest BCUT2D eigenvalue weighted by molar-refractivity contribution is 0.590. The van der Waals surface area contributed by atoms with Crippen LogP contribution in [0.2, 0.25) is 0 Å². The smallest absolute Gasteiger partial charge is 0.00144 e. The van der Waals surface area contributed by atoms with Crippen molar-refractivity contribution in [2.45, 2.75) is 46.0 Å². The summed E-state index contributed by atoms with van der Waals surface area (Å²) < 4.78 is 0. The van der Waals surface area contributed by atoms with Crippen molar-refractivity contribution in [1.82, 2.24) is 5.32 Å². The normalized spacial score (nSPS) is 12.2. The molecule has 0 aliphatic carbocycles. The van der Waals surface area contributed by atoms with E-state index in [1.807, 2.05) is 0 Å². The quantitative estimate of drug-likeness (QED) is 0.588. The Bertz CT molecular complexity index is 354. The van der Waals surface area contributed by atoms with Gasteiger partial charge in [-0.1, -0.05) is 64.1 Å². The summed E-state index contributed by atoms with van der Waals surface area (Å²) in [4.78, 5) is 0. The predicted molar refractivity (Wildman–Crippen MR) is 81.1 cm³/mol. The summed E-state index contributed by atoms with van der Waals surface area (Å²) in [6.07, 6.45) is 6.69. The summed E-state index contributed by atoms with van der Waals surface area (Å²) in [5.74, 6) is 0. The van der Waals surface area contributed by atoms with Gasteiger partial charge in [-0.05, 0) is 42.5 Å². The second-order valence-corrected chi connectivity index (χ2v) is 5.76. The van der Waals surface area contributed by atoms with Crippen molar-refractivity contribution in [2.24, 2.45) is 0 Å². The molecule has 0 spiro atoms. The SMILES string of the molecule is CCNCCC=CCc1ccc(C(C)(C)C)cc1. The number of nitrogens with one attached hydrogen (secondary N) is 1. The van der Waals surface area contributed by atoms with E-state index in [9.17, 15) is 0 Å². The Morgan fingerprint density at radius 2 is 1.72 bits per heavy atom. The molecule has 1 aromatic rings. The molecule has 18 heavy (non-hydrogen) atoms. The van der Waals surface area contributed by atoms with Crippen LogP contribution in [0.25, 0.3) is 0 Å². The summed E-state index contributed by atoms with van der Waals surface area (Å²) in [6, 6.07) is 8.99. The zero-order valence-electron chi connectivity index (χ0n) is 12.3. The van der Waals surface area contributed by atoms with E-state index in [-0.39, 0.29) is 5.41 Å². The fraction of sp³-hybridized carbons (Fsp3) is 0.529. The lowest BCUT2D eigenvalue weighted by Gasteiger charge is -2.18. The van der Waals surface area contributed by atoms with Crippen LogP contribution >= 0.6 is 0 Å². The molecule has 1 aromatic carbocycles. The minimum atomic E-state index is 0.250. The zero-order valence-corrected chi connectivity index (χ0v) is 12.3. The van der Waals surface area contributed by atoms with Crippen molar-refractivity contribution in [1.29, 1.82) is 0 Å². The maximum absolute atomic E-state index is 3.32. The van der Waals surface area contributed by atoms with Crippen LogP contribution in [-0.2, 0) is 11.8 Å². The second kappa shape index (κ2) is 7.38. The van der Waals surface area contributed by atoms with Gasteiger partial charge in [-0.2, -0.15) is 0 Å². The molecule has 0 saturated heterocycles. The largest absolute Gasteiger partial charge is 0.317 e. The third-order valence-corrected chi connectivity index (χ3v) is 3.08. The Morgan fingerprint density at radius 1 is 1.06 bits per heavy atom. The Morgan fingerprint density at radius 3 is 2.28 bits per heavy atom. The van der Waals surface area contributed by atoms with Crippen molar-refractivity contribution >= 4 is 0 Å². The van der Waals surface area contributed by atoms with Crippen molar-refractivity contribution in [3.63, 3.8) is 0 Å². The van der Waals surface area contributed by atoms with E-state index in [4.69, 9.17) is 0 Å². The second-order valence-electron chi connectivity index (χ2n) is 5.76. The third-order valence-electron chi connectivity index (χ3n) is 3.08. The van der Waals surface area contributed by atoms with Gasteiger partial charge in [0.25, 0.3) is 0 Å². The van der Waals surface area contributed by atoms with Crippen LogP contribution in [0.1, 0.15) is 45.2 Å². The van der Waals surface area contributed by atoms with Gasteiger partial charge in [0.2, 0.25) is 0 Å². The summed E-state index contributed by atoms with van der Waals surface area (Å²) in [7, 11) is 0. The highest BCUT2D eigenvalue weighted by atomic mass is 14.8. The molecule has 0 aliphatic heterocycles. The summed E-state index contributed by atoms with van der Waals surface area (Å²) >= 11 is 0. The van der Waals surface area contributed by atoms with E-state index in [2.05, 4.69) is 69.4 Å². The van der Waals surface area contributed by atoms with Gasteiger partial charge >= 0.3 is 0 Å². The van der Waals surface area contributed by atoms with Crippen LogP contribution < -0.4 is 5.32 Å². The van der Waals surface area contributed by atoms with Crippen molar-refractivity contribution in [3.05, 3.63) is 47.5 Å². The molecular weight excluding hydrogens is 218 g/mol. The zero-order chi connectivity index (χ0) is 13.4. The highest BCUT2D eigenvalue weighted by molar-refractivity contribution is 5.28. The number of rotatable bonds is 6. The van der Waals surface area contributed by atoms with Crippen LogP contribution in [0.15, 0.2) is 36.4 Å². The van der Waals surface area contributed by atoms with Gasteiger partial charge in [-0.15, -0.1) is 0 Å². The Kier molecular flexibility index (Phi) is 6.14. The number of allylic oxidation sites excluding steroid dienone is 1. The maximum Gasteiger partial charge on any atom is -0.00144 e. The van der Waals surface area contributed by atoms with E-state index >= 15 is 0 Å². The molecule has 0 unspecified atom stereocenters. The number of hydrogen-bond donors (Lipinski definition) is 1. The van der Waals surface area contributed by atoms with E-state index in [1.165, 1.54) is 11.1 Å². The van der Waals surface area contributed by atoms with Crippen LogP contribution in [0.3, 0.4) is 0 Å². The van der Waals surface area contributed by atoms with Crippen molar-refractivity contribution in [3.8, 4) is 0 Å². The minimum absolute atomic E-state index is 0.250. The molecule has 0 atom stereocenters. The fourth-order valence-corrected chi connectivity index (χ4v) is 1.84. The fourth-order valence-electron chi connectivity index (χ4n) is 1.84. The molecule has 0 radical (unpaired) electrons. The first kappa shape index (κ1) is 15.0. The van der Waals surface area contributed by atoms with E-state index in [0.29, 0.717) is 0 Å². The van der Waals surface area contributed by atoms with Gasteiger partial charge in [0.1, 0.15) is 0 Å². The molecule has 0 aliphatic rings. The monoisotopic (exact) mass is 245 g/mol. The van der Waals surface area contributed by atoms with Gasteiger partial charge in [0, 0.05) is 0 Å². The average Bonchev–Trinajstić information content (AvgIpc) is 2.33. The molecule has 100 valence electrons. The van der Waals surface area contributed by atoms with Gasteiger partial charge < -0.3 is 5.32 Å². The Labute approximate surface area is 112 Å².